The molecule has 2 aromatic carbocycles. The summed E-state index contributed by atoms with van der Waals surface area (Å²) in [6.07, 6.45) is 1.60. The number of amides is 1. The molecule has 0 radical (unpaired) electrons. The molecule has 2 heterocycles. The van der Waals surface area contributed by atoms with Crippen molar-refractivity contribution in [3.8, 4) is 5.75 Å². The average molecular weight is 518 g/mol. The summed E-state index contributed by atoms with van der Waals surface area (Å²) in [5.41, 5.74) is 15.1. The zero-order valence-corrected chi connectivity index (χ0v) is 22.7. The number of hydrogen-bond acceptors (Lipinski definition) is 8. The molecule has 0 unspecified atom stereocenters. The molecule has 0 saturated carbocycles. The maximum Gasteiger partial charge on any atom is 0.412 e. The second-order valence-electron chi connectivity index (χ2n) is 10.6. The SMILES string of the molecule is CCOC1=C(c2ccccc2NC(=O)OC(C)(C)C)c2cc(Cc3cnc(N)nc3N)ccc2OC1(C)C. The van der Waals surface area contributed by atoms with Gasteiger partial charge < -0.3 is 25.7 Å². The van der Waals surface area contributed by atoms with E-state index < -0.39 is 17.3 Å². The quantitative estimate of drug-likeness (QED) is 0.388. The van der Waals surface area contributed by atoms with E-state index in [1.165, 1.54) is 0 Å². The van der Waals surface area contributed by atoms with Crippen LogP contribution in [0.2, 0.25) is 0 Å². The van der Waals surface area contributed by atoms with Crippen molar-refractivity contribution in [2.45, 2.75) is 59.2 Å². The van der Waals surface area contributed by atoms with Crippen molar-refractivity contribution in [3.05, 3.63) is 76.7 Å². The van der Waals surface area contributed by atoms with E-state index in [-0.39, 0.29) is 5.95 Å². The molecule has 1 amide bonds. The van der Waals surface area contributed by atoms with E-state index in [0.717, 1.165) is 27.8 Å². The minimum atomic E-state index is -0.756. The standard InChI is InChI=1S/C29H35N5O4/c1-7-36-24-23(19-10-8-9-11-21(19)33-27(35)38-28(2,3)4)20-15-17(12-13-22(20)37-29(24,5)6)14-18-16-32-26(31)34-25(18)30/h8-13,15-16H,7,14H2,1-6H3,(H,33,35)(H4,30,31,32,34). The number of carbonyl (C=O) groups excluding carboxylic acids is 1. The van der Waals surface area contributed by atoms with Crippen LogP contribution in [0.3, 0.4) is 0 Å². The first-order valence-electron chi connectivity index (χ1n) is 12.5. The third kappa shape index (κ3) is 5.82. The minimum absolute atomic E-state index is 0.132. The third-order valence-corrected chi connectivity index (χ3v) is 5.88. The van der Waals surface area contributed by atoms with Crippen LogP contribution in [0.15, 0.2) is 54.4 Å². The lowest BCUT2D eigenvalue weighted by Crippen LogP contribution is -2.36. The molecule has 9 heteroatoms. The molecule has 1 aliphatic heterocycles. The minimum Gasteiger partial charge on any atom is -0.493 e. The van der Waals surface area contributed by atoms with Gasteiger partial charge in [0.25, 0.3) is 0 Å². The van der Waals surface area contributed by atoms with Gasteiger partial charge in [0.15, 0.2) is 5.60 Å². The van der Waals surface area contributed by atoms with Gasteiger partial charge in [-0.1, -0.05) is 24.3 Å². The zero-order chi connectivity index (χ0) is 27.7. The normalized spacial score (nSPS) is 14.4. The van der Waals surface area contributed by atoms with Crippen molar-refractivity contribution >= 4 is 29.1 Å². The lowest BCUT2D eigenvalue weighted by molar-refractivity contribution is 0.0598. The Bertz CT molecular complexity index is 1390. The Labute approximate surface area is 223 Å². The van der Waals surface area contributed by atoms with Gasteiger partial charge >= 0.3 is 6.09 Å². The van der Waals surface area contributed by atoms with E-state index in [9.17, 15) is 4.79 Å². The number of anilines is 3. The van der Waals surface area contributed by atoms with E-state index in [1.807, 2.05) is 84.0 Å². The van der Waals surface area contributed by atoms with Crippen molar-refractivity contribution < 1.29 is 19.0 Å². The number of nitrogens with zero attached hydrogens (tertiary/aromatic N) is 2. The van der Waals surface area contributed by atoms with Gasteiger partial charge in [0.1, 0.15) is 22.9 Å². The molecule has 5 N–H and O–H groups in total. The topological polar surface area (TPSA) is 135 Å². The molecule has 9 nitrogen and oxygen atoms in total. The predicted molar refractivity (Wildman–Crippen MR) is 149 cm³/mol. The van der Waals surface area contributed by atoms with Crippen LogP contribution in [0.25, 0.3) is 5.57 Å². The van der Waals surface area contributed by atoms with E-state index in [2.05, 4.69) is 15.3 Å². The molecule has 1 aromatic heterocycles. The highest BCUT2D eigenvalue weighted by Gasteiger charge is 2.38. The molecule has 1 aliphatic rings. The number of nitrogen functional groups attached to an aromatic ring is 2. The smallest absolute Gasteiger partial charge is 0.412 e. The maximum absolute atomic E-state index is 12.7. The summed E-state index contributed by atoms with van der Waals surface area (Å²) in [4.78, 5) is 20.9. The summed E-state index contributed by atoms with van der Waals surface area (Å²) in [5.74, 6) is 1.84. The van der Waals surface area contributed by atoms with Crippen LogP contribution in [0.5, 0.6) is 5.75 Å². The average Bonchev–Trinajstić information content (AvgIpc) is 2.81. The molecule has 0 saturated heterocycles. The monoisotopic (exact) mass is 517 g/mol. The predicted octanol–water partition coefficient (Wildman–Crippen LogP) is 5.55. The van der Waals surface area contributed by atoms with Gasteiger partial charge in [0, 0.05) is 34.9 Å². The molecule has 0 aliphatic carbocycles. The first-order valence-corrected chi connectivity index (χ1v) is 12.5. The first-order chi connectivity index (χ1) is 17.9. The largest absolute Gasteiger partial charge is 0.493 e. The highest BCUT2D eigenvalue weighted by atomic mass is 16.6. The van der Waals surface area contributed by atoms with Crippen LogP contribution in [0.1, 0.15) is 63.8 Å². The Kier molecular flexibility index (Phi) is 7.22. The van der Waals surface area contributed by atoms with E-state index >= 15 is 0 Å². The Hall–Kier alpha value is -4.27. The lowest BCUT2D eigenvalue weighted by Gasteiger charge is -2.37. The van der Waals surface area contributed by atoms with Gasteiger partial charge in [0.05, 0.1) is 12.3 Å². The molecular weight excluding hydrogens is 482 g/mol. The molecule has 38 heavy (non-hydrogen) atoms. The second kappa shape index (κ2) is 10.2. The van der Waals surface area contributed by atoms with Crippen molar-refractivity contribution in [2.75, 3.05) is 23.4 Å². The molecule has 0 bridgehead atoms. The Balaban J connectivity index is 1.85. The van der Waals surface area contributed by atoms with Crippen molar-refractivity contribution in [3.63, 3.8) is 0 Å². The summed E-state index contributed by atoms with van der Waals surface area (Å²) in [6.45, 7) is 11.8. The Morgan fingerprint density at radius 1 is 1.11 bits per heavy atom. The molecule has 0 spiro atoms. The van der Waals surface area contributed by atoms with Gasteiger partial charge in [0.2, 0.25) is 5.95 Å². The third-order valence-electron chi connectivity index (χ3n) is 5.88. The van der Waals surface area contributed by atoms with E-state index in [4.69, 9.17) is 25.7 Å². The number of fused-ring (bicyclic) bond motifs is 1. The van der Waals surface area contributed by atoms with Gasteiger partial charge in [-0.25, -0.2) is 9.78 Å². The van der Waals surface area contributed by atoms with Gasteiger partial charge in [-0.05, 0) is 65.3 Å². The number of rotatable bonds is 6. The van der Waals surface area contributed by atoms with Crippen LogP contribution >= 0.6 is 0 Å². The van der Waals surface area contributed by atoms with Crippen LogP contribution in [-0.4, -0.2) is 33.9 Å². The molecule has 0 fully saturated rings. The number of ether oxygens (including phenoxy) is 3. The Morgan fingerprint density at radius 2 is 1.84 bits per heavy atom. The van der Waals surface area contributed by atoms with Crippen molar-refractivity contribution in [1.29, 1.82) is 0 Å². The maximum atomic E-state index is 12.7. The van der Waals surface area contributed by atoms with Crippen molar-refractivity contribution in [1.82, 2.24) is 9.97 Å². The summed E-state index contributed by atoms with van der Waals surface area (Å²) in [5, 5.41) is 2.92. The first kappa shape index (κ1) is 26.8. The number of carbonyl (C=O) groups is 1. The molecule has 200 valence electrons. The summed E-state index contributed by atoms with van der Waals surface area (Å²) >= 11 is 0. The fourth-order valence-electron chi connectivity index (χ4n) is 4.39. The van der Waals surface area contributed by atoms with Crippen LogP contribution < -0.4 is 21.5 Å². The summed E-state index contributed by atoms with van der Waals surface area (Å²) in [6, 6.07) is 13.5. The highest BCUT2D eigenvalue weighted by Crippen LogP contribution is 2.46. The number of nitrogens with one attached hydrogen (secondary N) is 1. The number of nitrogens with two attached hydrogens (primary N) is 2. The van der Waals surface area contributed by atoms with Gasteiger partial charge in [-0.2, -0.15) is 4.98 Å². The highest BCUT2D eigenvalue weighted by molar-refractivity contribution is 5.96. The summed E-state index contributed by atoms with van der Waals surface area (Å²) in [7, 11) is 0. The van der Waals surface area contributed by atoms with Crippen LogP contribution in [0.4, 0.5) is 22.2 Å². The van der Waals surface area contributed by atoms with Gasteiger partial charge in [-0.3, -0.25) is 5.32 Å². The number of aromatic nitrogens is 2. The van der Waals surface area contributed by atoms with Gasteiger partial charge in [-0.15, -0.1) is 0 Å². The summed E-state index contributed by atoms with van der Waals surface area (Å²) < 4.78 is 18.1. The van der Waals surface area contributed by atoms with Crippen LogP contribution in [0, 0.1) is 0 Å². The van der Waals surface area contributed by atoms with E-state index in [1.54, 1.807) is 6.20 Å². The molecule has 4 rings (SSSR count). The number of para-hydroxylation sites is 1. The molecular formula is C29H35N5O4. The zero-order valence-electron chi connectivity index (χ0n) is 22.7. The molecule has 3 aromatic rings. The van der Waals surface area contributed by atoms with Crippen LogP contribution in [-0.2, 0) is 15.9 Å². The Morgan fingerprint density at radius 3 is 2.53 bits per heavy atom. The lowest BCUT2D eigenvalue weighted by atomic mass is 9.86. The fraction of sp³-hybridized carbons (Fsp3) is 0.345. The van der Waals surface area contributed by atoms with Crippen molar-refractivity contribution in [2.24, 2.45) is 0 Å². The number of benzene rings is 2. The molecule has 0 atom stereocenters. The second-order valence-corrected chi connectivity index (χ2v) is 10.6. The fourth-order valence-corrected chi connectivity index (χ4v) is 4.39. The number of hydrogen-bond donors (Lipinski definition) is 3. The van der Waals surface area contributed by atoms with E-state index in [0.29, 0.717) is 36.0 Å².